The Morgan fingerprint density at radius 1 is 1.43 bits per heavy atom. The van der Waals surface area contributed by atoms with Crippen LogP contribution in [-0.4, -0.2) is 26.4 Å². The Morgan fingerprint density at radius 3 is 2.64 bits per heavy atom. The van der Waals surface area contributed by atoms with Crippen LogP contribution in [-0.2, 0) is 9.59 Å². The van der Waals surface area contributed by atoms with Crippen LogP contribution >= 0.6 is 0 Å². The number of rotatable bonds is 3. The fourth-order valence-corrected chi connectivity index (χ4v) is 1.10. The van der Waals surface area contributed by atoms with Crippen molar-refractivity contribution >= 4 is 17.9 Å². The van der Waals surface area contributed by atoms with Crippen molar-refractivity contribution in [2.45, 2.75) is 0 Å². The minimum atomic E-state index is -0.602. The molecule has 4 heteroatoms. The molecule has 1 rings (SSSR count). The molecule has 0 heterocycles. The van der Waals surface area contributed by atoms with E-state index in [0.29, 0.717) is 11.4 Å². The van der Waals surface area contributed by atoms with Crippen LogP contribution in [0.25, 0.3) is 0 Å². The number of ether oxygens (including phenoxy) is 1. The lowest BCUT2D eigenvalue weighted by Crippen LogP contribution is -2.27. The summed E-state index contributed by atoms with van der Waals surface area (Å²) in [5.41, 5.74) is 0.576. The highest BCUT2D eigenvalue weighted by Gasteiger charge is 2.12. The Hall–Kier alpha value is -1.84. The predicted molar refractivity (Wildman–Crippen MR) is 52.5 cm³/mol. The number of anilines is 1. The van der Waals surface area contributed by atoms with E-state index in [4.69, 9.17) is 4.74 Å². The van der Waals surface area contributed by atoms with Crippen LogP contribution < -0.4 is 9.64 Å². The summed E-state index contributed by atoms with van der Waals surface area (Å²) in [5.74, 6) is -0.0419. The van der Waals surface area contributed by atoms with Gasteiger partial charge in [-0.15, -0.1) is 0 Å². The maximum atomic E-state index is 11.1. The van der Waals surface area contributed by atoms with Gasteiger partial charge in [-0.3, -0.25) is 9.59 Å². The van der Waals surface area contributed by atoms with E-state index in [1.807, 2.05) is 0 Å². The quantitative estimate of drug-likeness (QED) is 0.528. The number of methoxy groups -OCH3 is 1. The van der Waals surface area contributed by atoms with Gasteiger partial charge in [0.05, 0.1) is 12.8 Å². The van der Waals surface area contributed by atoms with E-state index in [1.165, 1.54) is 19.1 Å². The van der Waals surface area contributed by atoms with Crippen molar-refractivity contribution in [1.82, 2.24) is 0 Å². The van der Waals surface area contributed by atoms with Crippen LogP contribution in [0.15, 0.2) is 24.3 Å². The normalized spacial score (nSPS) is 9.29. The lowest BCUT2D eigenvalue weighted by molar-refractivity contribution is -0.129. The third-order valence-electron chi connectivity index (χ3n) is 1.88. The Kier molecular flexibility index (Phi) is 3.23. The SMILES string of the molecule is COc1ccccc1N(C)C(=O)C=O. The third-order valence-corrected chi connectivity index (χ3v) is 1.88. The molecule has 0 fully saturated rings. The molecule has 1 aromatic carbocycles. The third kappa shape index (κ3) is 1.90. The molecule has 14 heavy (non-hydrogen) atoms. The predicted octanol–water partition coefficient (Wildman–Crippen LogP) is 0.857. The monoisotopic (exact) mass is 193 g/mol. The van der Waals surface area contributed by atoms with E-state index < -0.39 is 5.91 Å². The van der Waals surface area contributed by atoms with Crippen LogP contribution in [0.1, 0.15) is 0 Å². The molecule has 4 nitrogen and oxygen atoms in total. The number of hydrogen-bond acceptors (Lipinski definition) is 3. The molecule has 1 amide bonds. The Morgan fingerprint density at radius 2 is 2.07 bits per heavy atom. The van der Waals surface area contributed by atoms with Gasteiger partial charge in [0.25, 0.3) is 5.91 Å². The van der Waals surface area contributed by atoms with E-state index in [0.717, 1.165) is 0 Å². The molecule has 0 saturated carbocycles. The van der Waals surface area contributed by atoms with E-state index >= 15 is 0 Å². The molecule has 0 unspecified atom stereocenters. The number of para-hydroxylation sites is 2. The molecule has 0 aliphatic heterocycles. The average Bonchev–Trinajstić information content (AvgIpc) is 2.26. The molecule has 0 aromatic heterocycles. The smallest absolute Gasteiger partial charge is 0.290 e. The first-order valence-corrected chi connectivity index (χ1v) is 4.06. The lowest BCUT2D eigenvalue weighted by Gasteiger charge is -2.16. The summed E-state index contributed by atoms with van der Waals surface area (Å²) in [6, 6.07) is 7.00. The van der Waals surface area contributed by atoms with Crippen molar-refractivity contribution < 1.29 is 14.3 Å². The molecule has 0 aliphatic rings. The first-order chi connectivity index (χ1) is 6.70. The van der Waals surface area contributed by atoms with Gasteiger partial charge in [-0.05, 0) is 12.1 Å². The second-order valence-corrected chi connectivity index (χ2v) is 2.69. The number of hydrogen-bond donors (Lipinski definition) is 0. The molecule has 0 spiro atoms. The number of amides is 1. The maximum Gasteiger partial charge on any atom is 0.290 e. The van der Waals surface area contributed by atoms with Gasteiger partial charge in [0, 0.05) is 7.05 Å². The molecule has 0 atom stereocenters. The minimum Gasteiger partial charge on any atom is -0.495 e. The molecule has 1 aromatic rings. The average molecular weight is 193 g/mol. The van der Waals surface area contributed by atoms with Crippen LogP contribution in [0.2, 0.25) is 0 Å². The zero-order chi connectivity index (χ0) is 10.6. The fraction of sp³-hybridized carbons (Fsp3) is 0.200. The van der Waals surface area contributed by atoms with Gasteiger partial charge in [0.1, 0.15) is 5.75 Å². The highest BCUT2D eigenvalue weighted by Crippen LogP contribution is 2.26. The van der Waals surface area contributed by atoms with Crippen LogP contribution in [0, 0.1) is 0 Å². The molecule has 0 aliphatic carbocycles. The summed E-state index contributed by atoms with van der Waals surface area (Å²) >= 11 is 0. The minimum absolute atomic E-state index is 0.270. The molecule has 0 N–H and O–H groups in total. The van der Waals surface area contributed by atoms with E-state index in [2.05, 4.69) is 0 Å². The Bertz CT molecular complexity index is 349. The van der Waals surface area contributed by atoms with Gasteiger partial charge in [-0.25, -0.2) is 0 Å². The largest absolute Gasteiger partial charge is 0.495 e. The van der Waals surface area contributed by atoms with Crippen LogP contribution in [0.5, 0.6) is 5.75 Å². The van der Waals surface area contributed by atoms with E-state index in [1.54, 1.807) is 24.3 Å². The number of benzene rings is 1. The fourth-order valence-electron chi connectivity index (χ4n) is 1.10. The highest BCUT2D eigenvalue weighted by atomic mass is 16.5. The Labute approximate surface area is 82.1 Å². The highest BCUT2D eigenvalue weighted by molar-refractivity contribution is 6.30. The number of nitrogens with zero attached hydrogens (tertiary/aromatic N) is 1. The van der Waals surface area contributed by atoms with Crippen LogP contribution in [0.3, 0.4) is 0 Å². The molecular formula is C10H11NO3. The number of likely N-dealkylation sites (N-methyl/N-ethyl adjacent to an activating group) is 1. The summed E-state index contributed by atoms with van der Waals surface area (Å²) in [5, 5.41) is 0. The van der Waals surface area contributed by atoms with Crippen molar-refractivity contribution in [2.75, 3.05) is 19.1 Å². The summed E-state index contributed by atoms with van der Waals surface area (Å²) in [4.78, 5) is 22.6. The zero-order valence-corrected chi connectivity index (χ0v) is 8.06. The van der Waals surface area contributed by atoms with E-state index in [9.17, 15) is 9.59 Å². The molecule has 74 valence electrons. The summed E-state index contributed by atoms with van der Waals surface area (Å²) in [6.07, 6.45) is 0.270. The second-order valence-electron chi connectivity index (χ2n) is 2.69. The second kappa shape index (κ2) is 4.41. The van der Waals surface area contributed by atoms with Gasteiger partial charge in [-0.2, -0.15) is 0 Å². The van der Waals surface area contributed by atoms with Crippen molar-refractivity contribution in [2.24, 2.45) is 0 Å². The first kappa shape index (κ1) is 10.2. The van der Waals surface area contributed by atoms with Crippen molar-refractivity contribution in [1.29, 1.82) is 0 Å². The molecule has 0 saturated heterocycles. The molecule has 0 bridgehead atoms. The van der Waals surface area contributed by atoms with Crippen molar-refractivity contribution in [3.63, 3.8) is 0 Å². The van der Waals surface area contributed by atoms with Gasteiger partial charge in [0.2, 0.25) is 6.29 Å². The van der Waals surface area contributed by atoms with Gasteiger partial charge >= 0.3 is 0 Å². The topological polar surface area (TPSA) is 46.6 Å². The van der Waals surface area contributed by atoms with Gasteiger partial charge in [-0.1, -0.05) is 12.1 Å². The van der Waals surface area contributed by atoms with Crippen molar-refractivity contribution in [3.05, 3.63) is 24.3 Å². The van der Waals surface area contributed by atoms with Gasteiger partial charge in [0.15, 0.2) is 0 Å². The zero-order valence-electron chi connectivity index (χ0n) is 8.06. The van der Waals surface area contributed by atoms with Crippen molar-refractivity contribution in [3.8, 4) is 5.75 Å². The molecular weight excluding hydrogens is 182 g/mol. The number of carbonyl (C=O) groups excluding carboxylic acids is 2. The summed E-state index contributed by atoms with van der Waals surface area (Å²) in [6.45, 7) is 0. The van der Waals surface area contributed by atoms with Gasteiger partial charge < -0.3 is 9.64 Å². The number of aldehydes is 1. The summed E-state index contributed by atoms with van der Waals surface area (Å²) < 4.78 is 5.05. The standard InChI is InChI=1S/C10H11NO3/c1-11(10(13)7-12)8-5-3-4-6-9(8)14-2/h3-7H,1-2H3. The maximum absolute atomic E-state index is 11.1. The lowest BCUT2D eigenvalue weighted by atomic mass is 10.2. The number of carbonyl (C=O) groups is 2. The Balaban J connectivity index is 3.05. The van der Waals surface area contributed by atoms with E-state index in [-0.39, 0.29) is 6.29 Å². The first-order valence-electron chi connectivity index (χ1n) is 4.06. The summed E-state index contributed by atoms with van der Waals surface area (Å²) in [7, 11) is 3.03. The molecule has 0 radical (unpaired) electrons. The van der Waals surface area contributed by atoms with Crippen LogP contribution in [0.4, 0.5) is 5.69 Å².